The fourth-order valence-electron chi connectivity index (χ4n) is 5.56. The number of halogens is 3. The van der Waals surface area contributed by atoms with Gasteiger partial charge in [0.1, 0.15) is 31.7 Å². The van der Waals surface area contributed by atoms with E-state index in [1.165, 1.54) is 27.7 Å². The second-order valence-corrected chi connectivity index (χ2v) is 10.8. The third kappa shape index (κ3) is 5.12. The highest BCUT2D eigenvalue weighted by molar-refractivity contribution is 7.25. The molecule has 13 heteroatoms. The van der Waals surface area contributed by atoms with Gasteiger partial charge in [0, 0.05) is 24.6 Å². The number of methoxy groups -OCH3 is 1. The van der Waals surface area contributed by atoms with Crippen LogP contribution in [0.2, 0.25) is 5.15 Å². The van der Waals surface area contributed by atoms with E-state index in [9.17, 15) is 9.59 Å². The highest BCUT2D eigenvalue weighted by Gasteiger charge is 2.37. The molecule has 1 aromatic carbocycles. The summed E-state index contributed by atoms with van der Waals surface area (Å²) in [6.45, 7) is 3.99. The minimum atomic E-state index is -0.429. The van der Waals surface area contributed by atoms with Crippen LogP contribution in [-0.2, 0) is 6.54 Å². The zero-order valence-corrected chi connectivity index (χ0v) is 23.9. The van der Waals surface area contributed by atoms with E-state index in [1.807, 2.05) is 18.2 Å². The Hall–Kier alpha value is -2.37. The van der Waals surface area contributed by atoms with Gasteiger partial charge < -0.3 is 19.4 Å². The molecular formula is C25H28Cl3N5O4S. The number of ether oxygens (including phenoxy) is 2. The third-order valence-electron chi connectivity index (χ3n) is 7.28. The number of thiophene rings is 1. The van der Waals surface area contributed by atoms with Crippen molar-refractivity contribution in [2.45, 2.75) is 31.7 Å². The van der Waals surface area contributed by atoms with Crippen molar-refractivity contribution in [3.63, 3.8) is 0 Å². The van der Waals surface area contributed by atoms with Crippen LogP contribution in [0.4, 0.5) is 0 Å². The monoisotopic (exact) mass is 599 g/mol. The van der Waals surface area contributed by atoms with Gasteiger partial charge in [0.2, 0.25) is 0 Å². The van der Waals surface area contributed by atoms with Crippen LogP contribution in [0.15, 0.2) is 34.0 Å². The number of hydrogen-bond acceptors (Lipinski definition) is 8. The van der Waals surface area contributed by atoms with Crippen LogP contribution in [0.1, 0.15) is 30.7 Å². The van der Waals surface area contributed by atoms with Crippen molar-refractivity contribution >= 4 is 68.3 Å². The Balaban J connectivity index is 0.00000168. The number of piperidine rings is 1. The van der Waals surface area contributed by atoms with Crippen LogP contribution in [-0.4, -0.2) is 57.8 Å². The largest absolute Gasteiger partial charge is 0.496 e. The van der Waals surface area contributed by atoms with Gasteiger partial charge >= 0.3 is 5.69 Å². The molecule has 2 aliphatic rings. The average Bonchev–Trinajstić information content (AvgIpc) is 3.25. The van der Waals surface area contributed by atoms with Gasteiger partial charge in [0.05, 0.1) is 25.4 Å². The topological polar surface area (TPSA) is 102 Å². The Kier molecular flexibility index (Phi) is 8.89. The molecule has 5 heterocycles. The predicted molar refractivity (Wildman–Crippen MR) is 154 cm³/mol. The molecule has 204 valence electrons. The molecule has 1 N–H and O–H groups in total. The first kappa shape index (κ1) is 28.6. The minimum Gasteiger partial charge on any atom is -0.496 e. The van der Waals surface area contributed by atoms with Gasteiger partial charge in [-0.15, -0.1) is 36.2 Å². The van der Waals surface area contributed by atoms with Crippen LogP contribution < -0.4 is 20.7 Å². The molecule has 0 amide bonds. The maximum absolute atomic E-state index is 13.0. The summed E-state index contributed by atoms with van der Waals surface area (Å²) in [4.78, 5) is 40.0. The third-order valence-corrected chi connectivity index (χ3v) is 8.54. The Morgan fingerprint density at radius 1 is 1.24 bits per heavy atom. The summed E-state index contributed by atoms with van der Waals surface area (Å²) in [5.74, 6) is 2.74. The Morgan fingerprint density at radius 3 is 2.87 bits per heavy atom. The zero-order valence-electron chi connectivity index (χ0n) is 20.6. The second-order valence-electron chi connectivity index (χ2n) is 9.39. The van der Waals surface area contributed by atoms with Crippen LogP contribution >= 0.6 is 47.8 Å². The first-order valence-corrected chi connectivity index (χ1v) is 13.3. The molecule has 0 spiro atoms. The van der Waals surface area contributed by atoms with E-state index in [4.69, 9.17) is 21.1 Å². The van der Waals surface area contributed by atoms with Crippen LogP contribution in [0, 0.1) is 5.92 Å². The number of unbranched alkanes of at least 4 members (excludes halogenated alkanes) is 1. The maximum Gasteiger partial charge on any atom is 0.328 e. The average molecular weight is 601 g/mol. The van der Waals surface area contributed by atoms with Gasteiger partial charge in [0.15, 0.2) is 0 Å². The van der Waals surface area contributed by atoms with Crippen molar-refractivity contribution in [1.29, 1.82) is 0 Å². The number of likely N-dealkylation sites (tertiary alicyclic amines) is 1. The quantitative estimate of drug-likeness (QED) is 0.326. The van der Waals surface area contributed by atoms with E-state index in [2.05, 4.69) is 19.9 Å². The van der Waals surface area contributed by atoms with E-state index in [0.717, 1.165) is 57.0 Å². The summed E-state index contributed by atoms with van der Waals surface area (Å²) < 4.78 is 13.4. The predicted octanol–water partition coefficient (Wildman–Crippen LogP) is 4.48. The molecule has 0 unspecified atom stereocenters. The molecule has 2 atom stereocenters. The fraction of sp³-hybridized carbons (Fsp3) is 0.440. The lowest BCUT2D eigenvalue weighted by molar-refractivity contribution is 0.0902. The highest BCUT2D eigenvalue weighted by Crippen LogP contribution is 2.46. The van der Waals surface area contributed by atoms with Crippen molar-refractivity contribution in [2.75, 3.05) is 33.4 Å². The molecule has 38 heavy (non-hydrogen) atoms. The Labute approximate surface area is 240 Å². The van der Waals surface area contributed by atoms with Crippen molar-refractivity contribution < 1.29 is 9.47 Å². The van der Waals surface area contributed by atoms with Crippen molar-refractivity contribution in [3.8, 4) is 11.5 Å². The molecule has 1 saturated heterocycles. The van der Waals surface area contributed by atoms with E-state index < -0.39 is 5.69 Å². The normalized spacial score (nSPS) is 18.7. The Morgan fingerprint density at radius 2 is 2.05 bits per heavy atom. The van der Waals surface area contributed by atoms with Gasteiger partial charge in [-0.1, -0.05) is 17.7 Å². The Bertz CT molecular complexity index is 1560. The van der Waals surface area contributed by atoms with E-state index in [-0.39, 0.29) is 35.5 Å². The lowest BCUT2D eigenvalue weighted by Crippen LogP contribution is -2.44. The fourth-order valence-corrected chi connectivity index (χ4v) is 6.69. The summed E-state index contributed by atoms with van der Waals surface area (Å²) >= 11 is 7.17. The number of aromatic nitrogens is 4. The van der Waals surface area contributed by atoms with Gasteiger partial charge in [0.25, 0.3) is 5.56 Å². The lowest BCUT2D eigenvalue weighted by Gasteiger charge is -2.42. The molecule has 3 aromatic heterocycles. The number of fused-ring (bicyclic) bond motifs is 6. The molecule has 2 aliphatic heterocycles. The summed E-state index contributed by atoms with van der Waals surface area (Å²) in [7, 11) is 1.71. The zero-order chi connectivity index (χ0) is 24.8. The number of nitrogens with one attached hydrogen (secondary N) is 1. The van der Waals surface area contributed by atoms with Gasteiger partial charge in [-0.25, -0.2) is 14.8 Å². The summed E-state index contributed by atoms with van der Waals surface area (Å²) in [6.07, 6.45) is 4.13. The molecule has 0 saturated carbocycles. The van der Waals surface area contributed by atoms with Crippen molar-refractivity contribution in [2.24, 2.45) is 5.92 Å². The van der Waals surface area contributed by atoms with Crippen LogP contribution in [0.3, 0.4) is 0 Å². The number of benzene rings is 1. The number of hydrogen-bond donors (Lipinski definition) is 1. The standard InChI is InChI=1S/C25H26ClN5O4S.2ClH/c1-34-16-5-4-6-17-19(16)15-7-10-30(12-14(15)13-35-17)8-2-3-9-31-24(32)22-20(29-25(31)33)21-23(36-22)27-11-18(26)28-21;;/h4-6,11,14-15H,2-3,7-10,12-13H2,1H3,(H,29,33);2*1H/t14-,15+;;/m0../s1. The van der Waals surface area contributed by atoms with Gasteiger partial charge in [-0.2, -0.15) is 0 Å². The molecule has 9 nitrogen and oxygen atoms in total. The maximum atomic E-state index is 13.0. The van der Waals surface area contributed by atoms with Crippen molar-refractivity contribution in [1.82, 2.24) is 24.4 Å². The van der Waals surface area contributed by atoms with Gasteiger partial charge in [-0.05, 0) is 50.4 Å². The van der Waals surface area contributed by atoms with Crippen molar-refractivity contribution in [3.05, 3.63) is 56.0 Å². The molecule has 6 rings (SSSR count). The number of nitrogens with zero attached hydrogens (tertiary/aromatic N) is 4. The molecule has 0 aliphatic carbocycles. The summed E-state index contributed by atoms with van der Waals surface area (Å²) in [6, 6.07) is 6.02. The molecule has 1 fully saturated rings. The SMILES string of the molecule is COc1cccc2c1[C@@H]1CCN(CCCCn3c(=O)[nH]c4c(sc5ncc(Cl)nc54)c3=O)C[C@H]1CO2.Cl.Cl. The smallest absolute Gasteiger partial charge is 0.328 e. The van der Waals surface area contributed by atoms with E-state index >= 15 is 0 Å². The molecular weight excluding hydrogens is 573 g/mol. The number of aromatic amines is 1. The van der Waals surface area contributed by atoms with E-state index in [0.29, 0.717) is 38.9 Å². The second kappa shape index (κ2) is 11.8. The van der Waals surface area contributed by atoms with E-state index in [1.54, 1.807) is 7.11 Å². The van der Waals surface area contributed by atoms with Crippen LogP contribution in [0.25, 0.3) is 20.6 Å². The lowest BCUT2D eigenvalue weighted by atomic mass is 9.78. The summed E-state index contributed by atoms with van der Waals surface area (Å²) in [5.41, 5.74) is 1.34. The number of rotatable bonds is 6. The van der Waals surface area contributed by atoms with Gasteiger partial charge in [-0.3, -0.25) is 9.36 Å². The first-order chi connectivity index (χ1) is 17.5. The minimum absolute atomic E-state index is 0. The molecule has 0 bridgehead atoms. The molecule has 0 radical (unpaired) electrons. The highest BCUT2D eigenvalue weighted by atomic mass is 35.5. The van der Waals surface area contributed by atoms with Crippen LogP contribution in [0.5, 0.6) is 11.5 Å². The number of H-pyrrole nitrogens is 1. The first-order valence-electron chi connectivity index (χ1n) is 12.1. The summed E-state index contributed by atoms with van der Waals surface area (Å²) in [5, 5.41) is 0.222. The molecule has 4 aromatic rings.